The lowest BCUT2D eigenvalue weighted by Crippen LogP contribution is -2.19. The molecule has 1 fully saturated rings. The average Bonchev–Trinajstić information content (AvgIpc) is 3.08. The zero-order chi connectivity index (χ0) is 18.9. The van der Waals surface area contributed by atoms with Crippen molar-refractivity contribution in [1.82, 2.24) is 9.97 Å². The van der Waals surface area contributed by atoms with Crippen molar-refractivity contribution >= 4 is 33.1 Å². The van der Waals surface area contributed by atoms with E-state index in [2.05, 4.69) is 46.5 Å². The summed E-state index contributed by atoms with van der Waals surface area (Å²) in [5, 5.41) is 4.74. The Kier molecular flexibility index (Phi) is 4.93. The molecule has 2 aromatic heterocycles. The third-order valence-corrected chi connectivity index (χ3v) is 7.23. The Bertz CT molecular complexity index is 960. The molecule has 4 nitrogen and oxygen atoms in total. The van der Waals surface area contributed by atoms with Gasteiger partial charge in [-0.05, 0) is 80.7 Å². The van der Waals surface area contributed by atoms with E-state index in [9.17, 15) is 0 Å². The highest BCUT2D eigenvalue weighted by atomic mass is 32.1. The summed E-state index contributed by atoms with van der Waals surface area (Å²) in [5.74, 6) is 2.66. The van der Waals surface area contributed by atoms with Gasteiger partial charge in [-0.1, -0.05) is 13.3 Å². The molecule has 3 aromatic rings. The van der Waals surface area contributed by atoms with E-state index in [0.717, 1.165) is 34.4 Å². The van der Waals surface area contributed by atoms with E-state index in [4.69, 9.17) is 4.74 Å². The summed E-state index contributed by atoms with van der Waals surface area (Å²) in [7, 11) is 0. The number of ether oxygens (including phenoxy) is 1. The summed E-state index contributed by atoms with van der Waals surface area (Å²) in [5.41, 5.74) is 2.50. The lowest BCUT2D eigenvalue weighted by atomic mass is 9.89. The van der Waals surface area contributed by atoms with E-state index in [0.29, 0.717) is 6.10 Å². The number of aromatic nitrogens is 2. The number of fused-ring (bicyclic) bond motifs is 3. The maximum absolute atomic E-state index is 6.15. The Morgan fingerprint density at radius 2 is 1.86 bits per heavy atom. The lowest BCUT2D eigenvalue weighted by molar-refractivity contribution is 0.155. The maximum atomic E-state index is 6.15. The topological polar surface area (TPSA) is 47.0 Å². The van der Waals surface area contributed by atoms with Crippen LogP contribution in [-0.2, 0) is 12.8 Å². The summed E-state index contributed by atoms with van der Waals surface area (Å²) >= 11 is 1.84. The number of hydrogen-bond donors (Lipinski definition) is 1. The Balaban J connectivity index is 1.36. The summed E-state index contributed by atoms with van der Waals surface area (Å²) in [6.07, 6.45) is 11.9. The molecule has 146 valence electrons. The van der Waals surface area contributed by atoms with Crippen molar-refractivity contribution in [3.05, 3.63) is 41.0 Å². The average molecular weight is 394 g/mol. The number of nitrogens with one attached hydrogen (secondary N) is 1. The molecule has 5 heteroatoms. The zero-order valence-corrected chi connectivity index (χ0v) is 17.2. The fourth-order valence-corrected chi connectivity index (χ4v) is 5.85. The molecule has 0 bridgehead atoms. The van der Waals surface area contributed by atoms with E-state index in [1.54, 1.807) is 6.33 Å². The quantitative estimate of drug-likeness (QED) is 0.567. The van der Waals surface area contributed by atoms with Crippen LogP contribution in [0.4, 0.5) is 11.5 Å². The van der Waals surface area contributed by atoms with Crippen LogP contribution in [0.25, 0.3) is 10.2 Å². The second-order valence-electron chi connectivity index (χ2n) is 8.28. The fourth-order valence-electron chi connectivity index (χ4n) is 4.50. The van der Waals surface area contributed by atoms with Gasteiger partial charge >= 0.3 is 0 Å². The molecule has 5 rings (SSSR count). The van der Waals surface area contributed by atoms with Gasteiger partial charge < -0.3 is 10.1 Å². The molecule has 0 radical (unpaired) electrons. The highest BCUT2D eigenvalue weighted by Gasteiger charge is 2.23. The Labute approximate surface area is 170 Å². The van der Waals surface area contributed by atoms with Gasteiger partial charge in [0.1, 0.15) is 22.7 Å². The third kappa shape index (κ3) is 3.60. The molecule has 0 amide bonds. The van der Waals surface area contributed by atoms with E-state index < -0.39 is 0 Å². The molecule has 0 spiro atoms. The van der Waals surface area contributed by atoms with Gasteiger partial charge in [0.25, 0.3) is 0 Å². The lowest BCUT2D eigenvalue weighted by Gasteiger charge is -2.23. The highest BCUT2D eigenvalue weighted by molar-refractivity contribution is 7.19. The number of rotatable bonds is 4. The van der Waals surface area contributed by atoms with Crippen molar-refractivity contribution in [2.75, 3.05) is 5.32 Å². The second-order valence-corrected chi connectivity index (χ2v) is 9.37. The summed E-state index contributed by atoms with van der Waals surface area (Å²) in [6.45, 7) is 2.34. The van der Waals surface area contributed by atoms with Crippen molar-refractivity contribution < 1.29 is 4.74 Å². The number of benzene rings is 1. The van der Waals surface area contributed by atoms with E-state index in [-0.39, 0.29) is 0 Å². The van der Waals surface area contributed by atoms with Crippen LogP contribution >= 0.6 is 11.3 Å². The predicted octanol–water partition coefficient (Wildman–Crippen LogP) is 6.27. The van der Waals surface area contributed by atoms with Gasteiger partial charge in [-0.25, -0.2) is 9.97 Å². The SMILES string of the molecule is C[C@@H]1CCc2c(sc3ncnc(Nc4ccc(OC5CCCCC5)cc4)c23)C1. The zero-order valence-electron chi connectivity index (χ0n) is 16.4. The Morgan fingerprint density at radius 1 is 1.04 bits per heavy atom. The van der Waals surface area contributed by atoms with Crippen molar-refractivity contribution in [1.29, 1.82) is 0 Å². The van der Waals surface area contributed by atoms with Crippen molar-refractivity contribution in [3.8, 4) is 5.75 Å². The van der Waals surface area contributed by atoms with Gasteiger partial charge in [0.05, 0.1) is 11.5 Å². The van der Waals surface area contributed by atoms with Crippen LogP contribution < -0.4 is 10.1 Å². The van der Waals surface area contributed by atoms with E-state index in [1.807, 2.05) is 11.3 Å². The molecular formula is C23H27N3OS. The minimum atomic E-state index is 0.383. The molecule has 2 aliphatic rings. The molecule has 1 saturated carbocycles. The monoisotopic (exact) mass is 393 g/mol. The molecule has 28 heavy (non-hydrogen) atoms. The summed E-state index contributed by atoms with van der Waals surface area (Å²) in [6, 6.07) is 8.32. The smallest absolute Gasteiger partial charge is 0.142 e. The van der Waals surface area contributed by atoms with Crippen LogP contribution in [0.1, 0.15) is 55.9 Å². The van der Waals surface area contributed by atoms with Crippen LogP contribution in [0.15, 0.2) is 30.6 Å². The van der Waals surface area contributed by atoms with Gasteiger partial charge in [0, 0.05) is 10.6 Å². The standard InChI is InChI=1S/C23H27N3OS/c1-15-7-12-19-20(13-15)28-23-21(19)22(24-14-25-23)26-16-8-10-18(11-9-16)27-17-5-3-2-4-6-17/h8-11,14-15,17H,2-7,12-13H2,1H3,(H,24,25,26)/t15-/m1/s1. The molecule has 2 heterocycles. The summed E-state index contributed by atoms with van der Waals surface area (Å²) in [4.78, 5) is 11.7. The van der Waals surface area contributed by atoms with Gasteiger partial charge in [-0.2, -0.15) is 0 Å². The molecular weight excluding hydrogens is 366 g/mol. The van der Waals surface area contributed by atoms with E-state index >= 15 is 0 Å². The van der Waals surface area contributed by atoms with Gasteiger partial charge in [-0.15, -0.1) is 11.3 Å². The molecule has 1 atom stereocenters. The molecule has 0 saturated heterocycles. The number of hydrogen-bond acceptors (Lipinski definition) is 5. The number of nitrogens with zero attached hydrogens (tertiary/aromatic N) is 2. The third-order valence-electron chi connectivity index (χ3n) is 6.06. The van der Waals surface area contributed by atoms with Crippen LogP contribution in [0.2, 0.25) is 0 Å². The van der Waals surface area contributed by atoms with E-state index in [1.165, 1.54) is 60.8 Å². The van der Waals surface area contributed by atoms with Gasteiger partial charge in [0.2, 0.25) is 0 Å². The van der Waals surface area contributed by atoms with Gasteiger partial charge in [-0.3, -0.25) is 0 Å². The second kappa shape index (κ2) is 7.70. The predicted molar refractivity (Wildman–Crippen MR) is 116 cm³/mol. The maximum Gasteiger partial charge on any atom is 0.142 e. The van der Waals surface area contributed by atoms with Gasteiger partial charge in [0.15, 0.2) is 0 Å². The van der Waals surface area contributed by atoms with Crippen LogP contribution in [0.3, 0.4) is 0 Å². The number of anilines is 2. The molecule has 2 aliphatic carbocycles. The highest BCUT2D eigenvalue weighted by Crippen LogP contribution is 2.40. The van der Waals surface area contributed by atoms with Crippen molar-refractivity contribution in [2.24, 2.45) is 5.92 Å². The summed E-state index contributed by atoms with van der Waals surface area (Å²) < 4.78 is 6.15. The minimum Gasteiger partial charge on any atom is -0.490 e. The molecule has 0 aliphatic heterocycles. The largest absolute Gasteiger partial charge is 0.490 e. The number of aryl methyl sites for hydroxylation is 1. The Hall–Kier alpha value is -2.14. The first-order valence-corrected chi connectivity index (χ1v) is 11.4. The van der Waals surface area contributed by atoms with Crippen molar-refractivity contribution in [3.63, 3.8) is 0 Å². The first kappa shape index (κ1) is 17.9. The first-order valence-electron chi connectivity index (χ1n) is 10.6. The molecule has 1 aromatic carbocycles. The fraction of sp³-hybridized carbons (Fsp3) is 0.478. The van der Waals surface area contributed by atoms with Crippen LogP contribution in [0.5, 0.6) is 5.75 Å². The van der Waals surface area contributed by atoms with Crippen molar-refractivity contribution in [2.45, 2.75) is 64.4 Å². The minimum absolute atomic E-state index is 0.383. The normalized spacial score (nSPS) is 20.1. The van der Waals surface area contributed by atoms with Crippen LogP contribution in [-0.4, -0.2) is 16.1 Å². The number of thiophene rings is 1. The Morgan fingerprint density at radius 3 is 2.68 bits per heavy atom. The molecule has 1 N–H and O–H groups in total. The molecule has 0 unspecified atom stereocenters. The van der Waals surface area contributed by atoms with Crippen LogP contribution in [0, 0.1) is 5.92 Å². The first-order chi connectivity index (χ1) is 13.8.